The van der Waals surface area contributed by atoms with Crippen LogP contribution in [0, 0.1) is 11.3 Å². The highest BCUT2D eigenvalue weighted by Crippen LogP contribution is 2.17. The number of carbonyl (C=O) groups is 2. The van der Waals surface area contributed by atoms with Crippen molar-refractivity contribution in [3.63, 3.8) is 0 Å². The van der Waals surface area contributed by atoms with Crippen LogP contribution in [-0.4, -0.2) is 25.0 Å². The van der Waals surface area contributed by atoms with E-state index < -0.39 is 12.6 Å². The van der Waals surface area contributed by atoms with Gasteiger partial charge < -0.3 is 9.64 Å². The van der Waals surface area contributed by atoms with Crippen LogP contribution in [0.4, 0.5) is 5.69 Å². The zero-order valence-electron chi connectivity index (χ0n) is 16.4. The normalized spacial score (nSPS) is 11.0. The number of nitrogens with zero attached hydrogens (tertiary/aromatic N) is 2. The summed E-state index contributed by atoms with van der Waals surface area (Å²) in [5.74, 6) is -0.760. The van der Waals surface area contributed by atoms with Gasteiger partial charge in [0.05, 0.1) is 0 Å². The second-order valence-corrected chi connectivity index (χ2v) is 6.54. The minimum atomic E-state index is -0.812. The Morgan fingerprint density at radius 2 is 1.75 bits per heavy atom. The van der Waals surface area contributed by atoms with E-state index in [1.54, 1.807) is 0 Å². The Balaban J connectivity index is 2.03. The van der Waals surface area contributed by atoms with Crippen molar-refractivity contribution in [2.75, 3.05) is 18.1 Å². The van der Waals surface area contributed by atoms with E-state index in [1.807, 2.05) is 67.6 Å². The summed E-state index contributed by atoms with van der Waals surface area (Å²) in [7, 11) is 0. The van der Waals surface area contributed by atoms with Gasteiger partial charge in [0, 0.05) is 12.2 Å². The van der Waals surface area contributed by atoms with Crippen molar-refractivity contribution < 1.29 is 14.3 Å². The molecule has 0 spiro atoms. The molecular weight excluding hydrogens is 352 g/mol. The molecule has 144 valence electrons. The Hall–Kier alpha value is -3.39. The average molecular weight is 376 g/mol. The number of esters is 1. The van der Waals surface area contributed by atoms with Crippen molar-refractivity contribution in [1.29, 1.82) is 5.26 Å². The van der Waals surface area contributed by atoms with E-state index in [0.717, 1.165) is 11.3 Å². The van der Waals surface area contributed by atoms with Crippen LogP contribution in [-0.2, 0) is 14.3 Å². The van der Waals surface area contributed by atoms with E-state index in [0.29, 0.717) is 12.5 Å². The van der Waals surface area contributed by atoms with Crippen LogP contribution in [0.25, 0.3) is 6.08 Å². The summed E-state index contributed by atoms with van der Waals surface area (Å²) in [6.07, 6.45) is 1.46. The fourth-order valence-corrected chi connectivity index (χ4v) is 2.67. The summed E-state index contributed by atoms with van der Waals surface area (Å²) < 4.78 is 5.07. The van der Waals surface area contributed by atoms with Crippen molar-refractivity contribution in [3.05, 3.63) is 71.3 Å². The molecule has 0 aliphatic heterocycles. The number of para-hydroxylation sites is 1. The van der Waals surface area contributed by atoms with Gasteiger partial charge in [0.1, 0.15) is 11.6 Å². The second kappa shape index (κ2) is 10.1. The molecule has 2 aromatic rings. The van der Waals surface area contributed by atoms with Gasteiger partial charge in [-0.3, -0.25) is 4.79 Å². The first kappa shape index (κ1) is 20.9. The Morgan fingerprint density at radius 1 is 1.11 bits per heavy atom. The fourth-order valence-electron chi connectivity index (χ4n) is 2.67. The molecule has 0 bridgehead atoms. The smallest absolute Gasteiger partial charge is 0.349 e. The van der Waals surface area contributed by atoms with Crippen molar-refractivity contribution >= 4 is 23.6 Å². The second-order valence-electron chi connectivity index (χ2n) is 6.54. The highest BCUT2D eigenvalue weighted by molar-refractivity contribution is 6.00. The van der Waals surface area contributed by atoms with E-state index in [4.69, 9.17) is 4.74 Å². The van der Waals surface area contributed by atoms with Gasteiger partial charge >= 0.3 is 5.97 Å². The van der Waals surface area contributed by atoms with Crippen molar-refractivity contribution in [2.45, 2.75) is 26.7 Å². The SMILES string of the molecule is CCN(C(=O)COC(=O)/C(C#N)=C/c1ccc(C(C)C)cc1)c1ccccc1. The quantitative estimate of drug-likeness (QED) is 0.410. The molecule has 5 heteroatoms. The average Bonchev–Trinajstić information content (AvgIpc) is 2.72. The predicted octanol–water partition coefficient (Wildman–Crippen LogP) is 4.31. The highest BCUT2D eigenvalue weighted by atomic mass is 16.5. The maximum atomic E-state index is 12.4. The number of hydrogen-bond donors (Lipinski definition) is 0. The van der Waals surface area contributed by atoms with Crippen LogP contribution in [0.5, 0.6) is 0 Å². The molecule has 2 aromatic carbocycles. The van der Waals surface area contributed by atoms with Crippen LogP contribution in [0.2, 0.25) is 0 Å². The molecule has 0 N–H and O–H groups in total. The highest BCUT2D eigenvalue weighted by Gasteiger charge is 2.18. The molecule has 1 amide bonds. The van der Waals surface area contributed by atoms with E-state index in [1.165, 1.54) is 16.5 Å². The minimum Gasteiger partial charge on any atom is -0.451 e. The molecular formula is C23H24N2O3. The third-order valence-corrected chi connectivity index (χ3v) is 4.27. The van der Waals surface area contributed by atoms with Crippen LogP contribution in [0.15, 0.2) is 60.2 Å². The number of ether oxygens (including phenoxy) is 1. The van der Waals surface area contributed by atoms with Crippen molar-refractivity contribution in [2.24, 2.45) is 0 Å². The summed E-state index contributed by atoms with van der Waals surface area (Å²) in [4.78, 5) is 26.1. The third-order valence-electron chi connectivity index (χ3n) is 4.27. The molecule has 0 radical (unpaired) electrons. The summed E-state index contributed by atoms with van der Waals surface area (Å²) in [6.45, 7) is 6.05. The van der Waals surface area contributed by atoms with E-state index in [-0.39, 0.29) is 11.5 Å². The molecule has 0 aromatic heterocycles. The summed E-state index contributed by atoms with van der Waals surface area (Å²) in [5.41, 5.74) is 2.48. The Morgan fingerprint density at radius 3 is 2.29 bits per heavy atom. The lowest BCUT2D eigenvalue weighted by molar-refractivity contribution is -0.143. The molecule has 28 heavy (non-hydrogen) atoms. The van der Waals surface area contributed by atoms with E-state index in [2.05, 4.69) is 13.8 Å². The molecule has 0 saturated heterocycles. The van der Waals surface area contributed by atoms with Crippen LogP contribution in [0.3, 0.4) is 0 Å². The number of carbonyl (C=O) groups excluding carboxylic acids is 2. The van der Waals surface area contributed by atoms with E-state index in [9.17, 15) is 14.9 Å². The third kappa shape index (κ3) is 5.55. The minimum absolute atomic E-state index is 0.146. The van der Waals surface area contributed by atoms with Crippen LogP contribution >= 0.6 is 0 Å². The predicted molar refractivity (Wildman–Crippen MR) is 110 cm³/mol. The van der Waals surface area contributed by atoms with Gasteiger partial charge in [-0.25, -0.2) is 4.79 Å². The first-order valence-electron chi connectivity index (χ1n) is 9.20. The molecule has 2 rings (SSSR count). The zero-order valence-corrected chi connectivity index (χ0v) is 16.4. The Kier molecular flexibility index (Phi) is 7.53. The first-order valence-corrected chi connectivity index (χ1v) is 9.20. The van der Waals surface area contributed by atoms with Gasteiger partial charge in [0.2, 0.25) is 0 Å². The van der Waals surface area contributed by atoms with Gasteiger partial charge in [-0.15, -0.1) is 0 Å². The summed E-state index contributed by atoms with van der Waals surface area (Å²) in [5, 5.41) is 9.28. The van der Waals surface area contributed by atoms with Crippen LogP contribution < -0.4 is 4.90 Å². The molecule has 0 fully saturated rings. The van der Waals surface area contributed by atoms with Crippen molar-refractivity contribution in [1.82, 2.24) is 0 Å². The lowest BCUT2D eigenvalue weighted by Crippen LogP contribution is -2.34. The number of amides is 1. The number of rotatable bonds is 7. The Bertz CT molecular complexity index is 878. The fraction of sp³-hybridized carbons (Fsp3) is 0.261. The van der Waals surface area contributed by atoms with Gasteiger partial charge in [-0.2, -0.15) is 5.26 Å². The zero-order chi connectivity index (χ0) is 20.5. The molecule has 0 aliphatic carbocycles. The van der Waals surface area contributed by atoms with Crippen LogP contribution in [0.1, 0.15) is 37.8 Å². The van der Waals surface area contributed by atoms with Gasteiger partial charge in [0.15, 0.2) is 6.61 Å². The maximum Gasteiger partial charge on any atom is 0.349 e. The molecule has 0 saturated carbocycles. The van der Waals surface area contributed by atoms with Crippen molar-refractivity contribution in [3.8, 4) is 6.07 Å². The molecule has 0 unspecified atom stereocenters. The molecule has 0 heterocycles. The molecule has 0 aliphatic rings. The van der Waals surface area contributed by atoms with Gasteiger partial charge in [-0.1, -0.05) is 56.3 Å². The number of anilines is 1. The number of likely N-dealkylation sites (N-methyl/N-ethyl adjacent to an activating group) is 1. The lowest BCUT2D eigenvalue weighted by Gasteiger charge is -2.20. The Labute approximate surface area is 165 Å². The van der Waals surface area contributed by atoms with E-state index >= 15 is 0 Å². The first-order chi connectivity index (χ1) is 13.5. The standard InChI is InChI=1S/C23H24N2O3/c1-4-25(21-8-6-5-7-9-21)22(26)16-28-23(27)20(15-24)14-18-10-12-19(13-11-18)17(2)3/h5-14,17H,4,16H2,1-3H3/b20-14+. The van der Waals surface area contributed by atoms with Gasteiger partial charge in [-0.05, 0) is 42.2 Å². The monoisotopic (exact) mass is 376 g/mol. The number of benzene rings is 2. The lowest BCUT2D eigenvalue weighted by atomic mass is 10.0. The number of nitriles is 1. The topological polar surface area (TPSA) is 70.4 Å². The summed E-state index contributed by atoms with van der Waals surface area (Å²) >= 11 is 0. The maximum absolute atomic E-state index is 12.4. The van der Waals surface area contributed by atoms with Gasteiger partial charge in [0.25, 0.3) is 5.91 Å². The molecule has 5 nitrogen and oxygen atoms in total. The largest absolute Gasteiger partial charge is 0.451 e. The summed E-state index contributed by atoms with van der Waals surface area (Å²) in [6, 6.07) is 18.6. The molecule has 0 atom stereocenters. The number of hydrogen-bond acceptors (Lipinski definition) is 4.